The quantitative estimate of drug-likeness (QED) is 0.290. The van der Waals surface area contributed by atoms with E-state index in [4.69, 9.17) is 5.11 Å². The Balaban J connectivity index is 0. The molecular formula is C16H33NaO4S. The van der Waals surface area contributed by atoms with Gasteiger partial charge in [-0.2, -0.15) is 0 Å². The largest absolute Gasteiger partial charge is 1.00 e. The summed E-state index contributed by atoms with van der Waals surface area (Å²) < 4.78 is 33.5. The van der Waals surface area contributed by atoms with Crippen LogP contribution in [0.25, 0.3) is 0 Å². The maximum absolute atomic E-state index is 11.2. The smallest absolute Gasteiger partial charge is 0.748 e. The van der Waals surface area contributed by atoms with Crippen LogP contribution >= 0.6 is 0 Å². The van der Waals surface area contributed by atoms with Crippen molar-refractivity contribution in [2.24, 2.45) is 0 Å². The minimum absolute atomic E-state index is 0. The SMILES string of the molecule is CCCCC(CCCCCCCCCC(C)O)S(=O)(=O)[O-].[Na+]. The summed E-state index contributed by atoms with van der Waals surface area (Å²) in [4.78, 5) is 0. The van der Waals surface area contributed by atoms with Gasteiger partial charge in [0.05, 0.1) is 16.2 Å². The third-order valence-corrected chi connectivity index (χ3v) is 5.22. The molecule has 0 rings (SSSR count). The van der Waals surface area contributed by atoms with Crippen molar-refractivity contribution in [3.8, 4) is 0 Å². The molecule has 0 aromatic carbocycles. The van der Waals surface area contributed by atoms with Gasteiger partial charge in [-0.3, -0.25) is 0 Å². The van der Waals surface area contributed by atoms with Crippen LogP contribution in [0.15, 0.2) is 0 Å². The van der Waals surface area contributed by atoms with E-state index in [-0.39, 0.29) is 35.7 Å². The third-order valence-electron chi connectivity index (χ3n) is 3.94. The Hall–Kier alpha value is 0.870. The Morgan fingerprint density at radius 1 is 0.864 bits per heavy atom. The molecule has 0 saturated heterocycles. The van der Waals surface area contributed by atoms with E-state index in [1.807, 2.05) is 13.8 Å². The van der Waals surface area contributed by atoms with Crippen LogP contribution in [0.1, 0.15) is 90.9 Å². The maximum Gasteiger partial charge on any atom is 1.00 e. The van der Waals surface area contributed by atoms with Gasteiger partial charge in [-0.15, -0.1) is 0 Å². The molecule has 2 unspecified atom stereocenters. The number of rotatable bonds is 14. The van der Waals surface area contributed by atoms with Crippen molar-refractivity contribution in [1.29, 1.82) is 0 Å². The fourth-order valence-electron chi connectivity index (χ4n) is 2.56. The number of unbranched alkanes of at least 4 members (excludes halogenated alkanes) is 7. The molecule has 128 valence electrons. The van der Waals surface area contributed by atoms with Crippen LogP contribution in [0, 0.1) is 0 Å². The third kappa shape index (κ3) is 15.8. The second-order valence-electron chi connectivity index (χ2n) is 6.16. The molecule has 0 radical (unpaired) electrons. The number of aliphatic hydroxyl groups is 1. The summed E-state index contributed by atoms with van der Waals surface area (Å²) >= 11 is 0. The van der Waals surface area contributed by atoms with Crippen LogP contribution in [-0.2, 0) is 10.1 Å². The van der Waals surface area contributed by atoms with Crippen LogP contribution in [0.3, 0.4) is 0 Å². The first kappa shape index (κ1) is 25.1. The maximum atomic E-state index is 11.2. The Morgan fingerprint density at radius 3 is 1.68 bits per heavy atom. The topological polar surface area (TPSA) is 77.4 Å². The van der Waals surface area contributed by atoms with Gasteiger partial charge in [0, 0.05) is 5.25 Å². The average molecular weight is 344 g/mol. The Kier molecular flexibility index (Phi) is 17.6. The van der Waals surface area contributed by atoms with E-state index in [1.54, 1.807) is 0 Å². The van der Waals surface area contributed by atoms with Gasteiger partial charge in [-0.25, -0.2) is 8.42 Å². The second-order valence-corrected chi connectivity index (χ2v) is 7.81. The molecule has 0 aliphatic carbocycles. The van der Waals surface area contributed by atoms with Gasteiger partial charge in [0.25, 0.3) is 0 Å². The van der Waals surface area contributed by atoms with Crippen LogP contribution in [0.5, 0.6) is 0 Å². The van der Waals surface area contributed by atoms with E-state index in [1.165, 1.54) is 6.42 Å². The molecule has 0 amide bonds. The molecule has 6 heteroatoms. The summed E-state index contributed by atoms with van der Waals surface area (Å²) in [6, 6.07) is 0. The molecule has 0 heterocycles. The first-order chi connectivity index (χ1) is 9.88. The Labute approximate surface area is 159 Å². The molecule has 4 nitrogen and oxygen atoms in total. The van der Waals surface area contributed by atoms with E-state index in [9.17, 15) is 13.0 Å². The van der Waals surface area contributed by atoms with E-state index in [0.29, 0.717) is 12.8 Å². The summed E-state index contributed by atoms with van der Waals surface area (Å²) in [6.07, 6.45) is 11.0. The first-order valence-electron chi connectivity index (χ1n) is 8.50. The van der Waals surface area contributed by atoms with Crippen LogP contribution in [-0.4, -0.2) is 29.4 Å². The van der Waals surface area contributed by atoms with Gasteiger partial charge in [0.2, 0.25) is 0 Å². The molecule has 0 aromatic rings. The standard InChI is InChI=1S/C16H34O4S.Na/c1-3-4-13-16(21(18,19)20)14-11-9-7-5-6-8-10-12-15(2)17;/h15-17H,3-14H2,1-2H3,(H,18,19,20);/q;+1/p-1. The van der Waals surface area contributed by atoms with Crippen molar-refractivity contribution in [3.05, 3.63) is 0 Å². The van der Waals surface area contributed by atoms with Gasteiger partial charge in [-0.05, 0) is 26.2 Å². The van der Waals surface area contributed by atoms with E-state index in [2.05, 4.69) is 0 Å². The fourth-order valence-corrected chi connectivity index (χ4v) is 3.47. The van der Waals surface area contributed by atoms with Gasteiger partial charge in [0.1, 0.15) is 0 Å². The van der Waals surface area contributed by atoms with E-state index < -0.39 is 15.4 Å². The monoisotopic (exact) mass is 344 g/mol. The number of aliphatic hydroxyl groups excluding tert-OH is 1. The summed E-state index contributed by atoms with van der Waals surface area (Å²) in [5.41, 5.74) is 0. The fraction of sp³-hybridized carbons (Fsp3) is 1.00. The molecule has 22 heavy (non-hydrogen) atoms. The Bertz CT molecular complexity index is 331. The molecule has 1 N–H and O–H groups in total. The van der Waals surface area contributed by atoms with Crippen LogP contribution < -0.4 is 29.6 Å². The van der Waals surface area contributed by atoms with Crippen molar-refractivity contribution in [1.82, 2.24) is 0 Å². The second kappa shape index (κ2) is 15.4. The molecule has 2 atom stereocenters. The summed E-state index contributed by atoms with van der Waals surface area (Å²) in [5.74, 6) is 0. The minimum Gasteiger partial charge on any atom is -0.748 e. The molecule has 0 saturated carbocycles. The zero-order valence-corrected chi connectivity index (χ0v) is 17.5. The van der Waals surface area contributed by atoms with Crippen molar-refractivity contribution < 1.29 is 47.6 Å². The van der Waals surface area contributed by atoms with Gasteiger partial charge in [0.15, 0.2) is 0 Å². The predicted octanol–water partition coefficient (Wildman–Crippen LogP) is 0.986. The van der Waals surface area contributed by atoms with E-state index in [0.717, 1.165) is 57.8 Å². The number of hydrogen-bond donors (Lipinski definition) is 1. The van der Waals surface area contributed by atoms with Crippen molar-refractivity contribution in [2.45, 2.75) is 102 Å². The van der Waals surface area contributed by atoms with Gasteiger partial charge in [-0.1, -0.05) is 64.7 Å². The zero-order chi connectivity index (χ0) is 16.1. The van der Waals surface area contributed by atoms with E-state index >= 15 is 0 Å². The first-order valence-corrected chi connectivity index (χ1v) is 9.97. The van der Waals surface area contributed by atoms with Crippen molar-refractivity contribution >= 4 is 10.1 Å². The van der Waals surface area contributed by atoms with Crippen LogP contribution in [0.4, 0.5) is 0 Å². The predicted molar refractivity (Wildman–Crippen MR) is 86.2 cm³/mol. The summed E-state index contributed by atoms with van der Waals surface area (Å²) in [5, 5.41) is 8.45. The summed E-state index contributed by atoms with van der Waals surface area (Å²) in [7, 11) is -4.12. The van der Waals surface area contributed by atoms with Gasteiger partial charge < -0.3 is 9.66 Å². The normalized spacial score (nSPS) is 14.4. The number of hydrogen-bond acceptors (Lipinski definition) is 4. The molecule has 0 aromatic heterocycles. The molecule has 0 aliphatic heterocycles. The van der Waals surface area contributed by atoms with Crippen molar-refractivity contribution in [3.63, 3.8) is 0 Å². The summed E-state index contributed by atoms with van der Waals surface area (Å²) in [6.45, 7) is 3.82. The molecule has 0 aliphatic rings. The molecule has 0 spiro atoms. The molecule has 0 bridgehead atoms. The zero-order valence-electron chi connectivity index (χ0n) is 14.7. The van der Waals surface area contributed by atoms with Crippen LogP contribution in [0.2, 0.25) is 0 Å². The molecule has 0 fully saturated rings. The molecular weight excluding hydrogens is 311 g/mol. The Morgan fingerprint density at radius 2 is 1.27 bits per heavy atom. The average Bonchev–Trinajstić information content (AvgIpc) is 2.38. The van der Waals surface area contributed by atoms with Crippen molar-refractivity contribution in [2.75, 3.05) is 0 Å². The van der Waals surface area contributed by atoms with Gasteiger partial charge >= 0.3 is 29.6 Å². The minimum atomic E-state index is -4.12.